The number of nitrogens with two attached hydrogens (primary N) is 1. The van der Waals surface area contributed by atoms with Crippen LogP contribution in [0.5, 0.6) is 0 Å². The first kappa shape index (κ1) is 12.8. The monoisotopic (exact) mass is 276 g/mol. The third kappa shape index (κ3) is 3.42. The number of rotatable bonds is 3. The minimum atomic E-state index is -0.629. The molecule has 1 aliphatic rings. The lowest BCUT2D eigenvalue weighted by Gasteiger charge is -2.22. The second kappa shape index (κ2) is 5.82. The summed E-state index contributed by atoms with van der Waals surface area (Å²) >= 11 is 3.73. The Kier molecular flexibility index (Phi) is 4.39. The molecular formula is C11H14F2N2S2. The van der Waals surface area contributed by atoms with E-state index in [-0.39, 0.29) is 11.4 Å². The van der Waals surface area contributed by atoms with Gasteiger partial charge in [-0.1, -0.05) is 0 Å². The van der Waals surface area contributed by atoms with Crippen molar-refractivity contribution in [2.75, 3.05) is 34.9 Å². The van der Waals surface area contributed by atoms with Crippen molar-refractivity contribution in [3.05, 3.63) is 23.8 Å². The third-order valence-electron chi connectivity index (χ3n) is 2.46. The van der Waals surface area contributed by atoms with E-state index in [1.165, 1.54) is 0 Å². The largest absolute Gasteiger partial charge is 0.399 e. The Hall–Kier alpha value is -0.620. The number of thioether (sulfide) groups is 2. The molecule has 0 saturated carbocycles. The van der Waals surface area contributed by atoms with E-state index in [4.69, 9.17) is 5.73 Å². The second-order valence-corrected chi connectivity index (χ2v) is 6.37. The van der Waals surface area contributed by atoms with Crippen molar-refractivity contribution in [1.82, 2.24) is 0 Å². The Morgan fingerprint density at radius 2 is 2.00 bits per heavy atom. The van der Waals surface area contributed by atoms with Gasteiger partial charge < -0.3 is 11.1 Å². The molecule has 0 radical (unpaired) electrons. The Morgan fingerprint density at radius 3 is 2.59 bits per heavy atom. The molecule has 2 rings (SSSR count). The Morgan fingerprint density at radius 1 is 1.29 bits per heavy atom. The minimum Gasteiger partial charge on any atom is -0.399 e. The molecule has 0 amide bonds. The molecule has 1 aromatic carbocycles. The molecule has 1 heterocycles. The van der Waals surface area contributed by atoms with E-state index in [0.717, 1.165) is 29.4 Å². The van der Waals surface area contributed by atoms with Crippen molar-refractivity contribution in [3.8, 4) is 0 Å². The first-order valence-electron chi connectivity index (χ1n) is 5.34. The Labute approximate surface area is 108 Å². The van der Waals surface area contributed by atoms with Gasteiger partial charge in [0.05, 0.1) is 0 Å². The highest BCUT2D eigenvalue weighted by molar-refractivity contribution is 8.06. The molecule has 6 heteroatoms. The van der Waals surface area contributed by atoms with Crippen LogP contribution in [0.15, 0.2) is 12.1 Å². The molecule has 1 aliphatic heterocycles. The van der Waals surface area contributed by atoms with E-state index in [2.05, 4.69) is 5.32 Å². The predicted octanol–water partition coefficient (Wildman–Crippen LogP) is 2.81. The van der Waals surface area contributed by atoms with Crippen molar-refractivity contribution < 1.29 is 8.78 Å². The summed E-state index contributed by atoms with van der Waals surface area (Å²) in [6.07, 6.45) is 0. The maximum atomic E-state index is 13.5. The average molecular weight is 276 g/mol. The summed E-state index contributed by atoms with van der Waals surface area (Å²) in [5.74, 6) is 2.03. The third-order valence-corrected chi connectivity index (χ3v) is 5.30. The van der Waals surface area contributed by atoms with Gasteiger partial charge in [-0.3, -0.25) is 0 Å². The second-order valence-electron chi connectivity index (χ2n) is 3.81. The molecule has 94 valence electrons. The highest BCUT2D eigenvalue weighted by Crippen LogP contribution is 2.26. The summed E-state index contributed by atoms with van der Waals surface area (Å²) in [7, 11) is 0. The molecule has 2 nitrogen and oxygen atoms in total. The first-order valence-corrected chi connectivity index (χ1v) is 7.55. The fourth-order valence-corrected chi connectivity index (χ4v) is 4.24. The smallest absolute Gasteiger partial charge is 0.151 e. The molecule has 0 aromatic heterocycles. The van der Waals surface area contributed by atoms with Gasteiger partial charge in [0.2, 0.25) is 0 Å². The van der Waals surface area contributed by atoms with Crippen molar-refractivity contribution >= 4 is 34.9 Å². The van der Waals surface area contributed by atoms with Crippen LogP contribution in [0.1, 0.15) is 0 Å². The number of nitrogen functional groups attached to an aromatic ring is 1. The molecule has 1 unspecified atom stereocenters. The summed E-state index contributed by atoms with van der Waals surface area (Å²) in [6.45, 7) is 0.579. The standard InChI is InChI=1S/C11H14F2N2S2/c12-9-3-7(14)4-10(13)11(9)15-5-8-6-16-1-2-17-8/h3-4,8,15H,1-2,5-6,14H2. The fourth-order valence-electron chi connectivity index (χ4n) is 1.63. The number of hydrogen-bond donors (Lipinski definition) is 2. The van der Waals surface area contributed by atoms with Gasteiger partial charge in [-0.25, -0.2) is 8.78 Å². The van der Waals surface area contributed by atoms with Crippen LogP contribution in [-0.4, -0.2) is 29.1 Å². The quantitative estimate of drug-likeness (QED) is 0.833. The highest BCUT2D eigenvalue weighted by Gasteiger charge is 2.16. The summed E-state index contributed by atoms with van der Waals surface area (Å²) in [6, 6.07) is 2.27. The molecule has 1 atom stereocenters. The molecule has 1 saturated heterocycles. The number of benzene rings is 1. The summed E-state index contributed by atoms with van der Waals surface area (Å²) in [5.41, 5.74) is 5.38. The van der Waals surface area contributed by atoms with E-state index < -0.39 is 11.6 Å². The van der Waals surface area contributed by atoms with Crippen molar-refractivity contribution in [3.63, 3.8) is 0 Å². The van der Waals surface area contributed by atoms with Gasteiger partial charge in [-0.2, -0.15) is 23.5 Å². The van der Waals surface area contributed by atoms with E-state index in [1.807, 2.05) is 23.5 Å². The molecule has 0 aliphatic carbocycles. The summed E-state index contributed by atoms with van der Waals surface area (Å²) in [5, 5.41) is 3.25. The molecule has 3 N–H and O–H groups in total. The molecule has 17 heavy (non-hydrogen) atoms. The van der Waals surface area contributed by atoms with Gasteiger partial charge >= 0.3 is 0 Å². The summed E-state index contributed by atoms with van der Waals surface area (Å²) < 4.78 is 26.9. The van der Waals surface area contributed by atoms with Crippen LogP contribution in [0, 0.1) is 11.6 Å². The van der Waals surface area contributed by atoms with Crippen molar-refractivity contribution in [2.24, 2.45) is 0 Å². The van der Waals surface area contributed by atoms with Gasteiger partial charge in [0.15, 0.2) is 11.6 Å². The first-order chi connectivity index (χ1) is 8.16. The van der Waals surface area contributed by atoms with Gasteiger partial charge in [-0.15, -0.1) is 0 Å². The molecule has 0 bridgehead atoms. The fraction of sp³-hybridized carbons (Fsp3) is 0.455. The average Bonchev–Trinajstić information content (AvgIpc) is 2.29. The van der Waals surface area contributed by atoms with Crippen LogP contribution in [-0.2, 0) is 0 Å². The lowest BCUT2D eigenvalue weighted by atomic mass is 10.2. The zero-order valence-electron chi connectivity index (χ0n) is 9.21. The van der Waals surface area contributed by atoms with Gasteiger partial charge in [0.25, 0.3) is 0 Å². The van der Waals surface area contributed by atoms with E-state index >= 15 is 0 Å². The Bertz CT molecular complexity index is 372. The minimum absolute atomic E-state index is 0.0737. The van der Waals surface area contributed by atoms with Gasteiger partial charge in [-0.05, 0) is 12.1 Å². The van der Waals surface area contributed by atoms with Crippen molar-refractivity contribution in [2.45, 2.75) is 5.25 Å². The van der Waals surface area contributed by atoms with Crippen LogP contribution in [0.3, 0.4) is 0 Å². The predicted molar refractivity (Wildman–Crippen MR) is 72.8 cm³/mol. The van der Waals surface area contributed by atoms with E-state index in [9.17, 15) is 8.78 Å². The maximum Gasteiger partial charge on any atom is 0.151 e. The number of hydrogen-bond acceptors (Lipinski definition) is 4. The maximum absolute atomic E-state index is 13.5. The lowest BCUT2D eigenvalue weighted by molar-refractivity contribution is 0.589. The zero-order chi connectivity index (χ0) is 12.3. The van der Waals surface area contributed by atoms with Crippen LogP contribution in [0.2, 0.25) is 0 Å². The van der Waals surface area contributed by atoms with Gasteiger partial charge in [0.1, 0.15) is 5.69 Å². The molecule has 1 aromatic rings. The zero-order valence-corrected chi connectivity index (χ0v) is 10.8. The topological polar surface area (TPSA) is 38.0 Å². The molecule has 1 fully saturated rings. The molecule has 0 spiro atoms. The Balaban J connectivity index is 1.98. The molecular weight excluding hydrogens is 262 g/mol. The van der Waals surface area contributed by atoms with E-state index in [0.29, 0.717) is 11.8 Å². The highest BCUT2D eigenvalue weighted by atomic mass is 32.2. The lowest BCUT2D eigenvalue weighted by Crippen LogP contribution is -2.24. The SMILES string of the molecule is Nc1cc(F)c(NCC2CSCCS2)c(F)c1. The summed E-state index contributed by atoms with van der Waals surface area (Å²) in [4.78, 5) is 0. The van der Waals surface area contributed by atoms with Gasteiger partial charge in [0, 0.05) is 34.7 Å². The van der Waals surface area contributed by atoms with Crippen molar-refractivity contribution in [1.29, 1.82) is 0 Å². The van der Waals surface area contributed by atoms with Crippen LogP contribution in [0.25, 0.3) is 0 Å². The van der Waals surface area contributed by atoms with Crippen LogP contribution in [0.4, 0.5) is 20.2 Å². The number of anilines is 2. The normalized spacial score (nSPS) is 20.2. The van der Waals surface area contributed by atoms with E-state index in [1.54, 1.807) is 0 Å². The number of nitrogens with one attached hydrogen (secondary N) is 1. The van der Waals surface area contributed by atoms with Crippen LogP contribution < -0.4 is 11.1 Å². The number of halogens is 2. The van der Waals surface area contributed by atoms with Crippen LogP contribution >= 0.6 is 23.5 Å².